The van der Waals surface area contributed by atoms with Gasteiger partial charge in [0.25, 0.3) is 0 Å². The number of anilines is 1. The predicted molar refractivity (Wildman–Crippen MR) is 79.7 cm³/mol. The molecule has 0 radical (unpaired) electrons. The van der Waals surface area contributed by atoms with Crippen molar-refractivity contribution in [3.05, 3.63) is 10.6 Å². The maximum Gasteiger partial charge on any atom is 0.186 e. The van der Waals surface area contributed by atoms with Gasteiger partial charge in [0.2, 0.25) is 0 Å². The third-order valence-corrected chi connectivity index (χ3v) is 6.25. The Balaban J connectivity index is 1.61. The van der Waals surface area contributed by atoms with E-state index in [0.717, 1.165) is 17.9 Å². The van der Waals surface area contributed by atoms with E-state index >= 15 is 0 Å². The van der Waals surface area contributed by atoms with Crippen LogP contribution in [0.2, 0.25) is 0 Å². The lowest BCUT2D eigenvalue weighted by molar-refractivity contribution is 0.342. The molecule has 1 saturated heterocycles. The van der Waals surface area contributed by atoms with E-state index in [2.05, 4.69) is 4.90 Å². The van der Waals surface area contributed by atoms with Gasteiger partial charge in [0.1, 0.15) is 0 Å². The monoisotopic (exact) mass is 277 g/mol. The minimum atomic E-state index is 0.672. The van der Waals surface area contributed by atoms with E-state index in [0.29, 0.717) is 6.54 Å². The van der Waals surface area contributed by atoms with Crippen molar-refractivity contribution in [1.82, 2.24) is 4.98 Å². The second-order valence-corrected chi connectivity index (χ2v) is 7.44. The van der Waals surface area contributed by atoms with Crippen LogP contribution in [0.3, 0.4) is 0 Å². The van der Waals surface area contributed by atoms with E-state index in [1.807, 2.05) is 11.3 Å². The summed E-state index contributed by atoms with van der Waals surface area (Å²) in [5.41, 5.74) is 7.25. The van der Waals surface area contributed by atoms with E-state index in [4.69, 9.17) is 10.7 Å². The summed E-state index contributed by atoms with van der Waals surface area (Å²) in [6.07, 6.45) is 9.68. The number of fused-ring (bicyclic) bond motifs is 1. The van der Waals surface area contributed by atoms with Gasteiger partial charge in [0.15, 0.2) is 5.13 Å². The van der Waals surface area contributed by atoms with Crippen molar-refractivity contribution >= 4 is 16.5 Å². The van der Waals surface area contributed by atoms with Crippen LogP contribution in [0.1, 0.15) is 61.4 Å². The van der Waals surface area contributed by atoms with Gasteiger partial charge in [-0.3, -0.25) is 0 Å². The number of rotatable bonds is 3. The standard InChI is InChI=1S/C15H23N3S/c16-9-13-14(11-5-6-11)17-15(19-13)18-8-7-10-3-1-2-4-12(10)18/h10-12H,1-9,16H2. The fraction of sp³-hybridized carbons (Fsp3) is 0.800. The van der Waals surface area contributed by atoms with E-state index in [9.17, 15) is 0 Å². The average Bonchev–Trinajstić information content (AvgIpc) is 3.06. The van der Waals surface area contributed by atoms with Gasteiger partial charge in [0, 0.05) is 29.9 Å². The first-order chi connectivity index (χ1) is 9.36. The molecular formula is C15H23N3S. The fourth-order valence-corrected chi connectivity index (χ4v) is 5.05. The summed E-state index contributed by atoms with van der Waals surface area (Å²) in [6.45, 7) is 1.89. The van der Waals surface area contributed by atoms with E-state index in [-0.39, 0.29) is 0 Å². The number of hydrogen-bond donors (Lipinski definition) is 1. The highest BCUT2D eigenvalue weighted by Gasteiger charge is 2.38. The Kier molecular flexibility index (Phi) is 3.03. The van der Waals surface area contributed by atoms with Gasteiger partial charge in [-0.1, -0.05) is 12.8 Å². The lowest BCUT2D eigenvalue weighted by atomic mass is 9.85. The third-order valence-electron chi connectivity index (χ3n) is 5.12. The van der Waals surface area contributed by atoms with Crippen LogP contribution in [0.4, 0.5) is 5.13 Å². The molecular weight excluding hydrogens is 254 g/mol. The second kappa shape index (κ2) is 4.74. The molecule has 2 saturated carbocycles. The SMILES string of the molecule is NCc1sc(N2CCC3CCCCC32)nc1C1CC1. The molecule has 0 bridgehead atoms. The molecule has 0 amide bonds. The fourth-order valence-electron chi connectivity index (χ4n) is 3.94. The maximum absolute atomic E-state index is 5.91. The molecule has 4 rings (SSSR count). The first kappa shape index (κ1) is 12.2. The van der Waals surface area contributed by atoms with Crippen LogP contribution in [0.15, 0.2) is 0 Å². The first-order valence-corrected chi connectivity index (χ1v) is 8.65. The van der Waals surface area contributed by atoms with Gasteiger partial charge in [-0.25, -0.2) is 4.98 Å². The Morgan fingerprint density at radius 2 is 2.00 bits per heavy atom. The Morgan fingerprint density at radius 3 is 2.79 bits per heavy atom. The third kappa shape index (κ3) is 2.09. The number of thiazole rings is 1. The quantitative estimate of drug-likeness (QED) is 0.922. The van der Waals surface area contributed by atoms with Gasteiger partial charge >= 0.3 is 0 Å². The zero-order valence-corrected chi connectivity index (χ0v) is 12.3. The van der Waals surface area contributed by atoms with Gasteiger partial charge in [-0.15, -0.1) is 11.3 Å². The molecule has 1 aromatic heterocycles. The van der Waals surface area contributed by atoms with E-state index < -0.39 is 0 Å². The van der Waals surface area contributed by atoms with Crippen LogP contribution in [0.25, 0.3) is 0 Å². The minimum absolute atomic E-state index is 0.672. The highest BCUT2D eigenvalue weighted by atomic mass is 32.1. The van der Waals surface area contributed by atoms with Gasteiger partial charge < -0.3 is 10.6 Å². The molecule has 0 spiro atoms. The average molecular weight is 277 g/mol. The van der Waals surface area contributed by atoms with Crippen molar-refractivity contribution in [3.8, 4) is 0 Å². The molecule has 19 heavy (non-hydrogen) atoms. The van der Waals surface area contributed by atoms with Gasteiger partial charge in [-0.2, -0.15) is 0 Å². The van der Waals surface area contributed by atoms with E-state index in [1.165, 1.54) is 67.2 Å². The molecule has 2 aliphatic carbocycles. The van der Waals surface area contributed by atoms with Gasteiger partial charge in [-0.05, 0) is 38.0 Å². The Hall–Kier alpha value is -0.610. The van der Waals surface area contributed by atoms with Crippen LogP contribution in [0.5, 0.6) is 0 Å². The summed E-state index contributed by atoms with van der Waals surface area (Å²) in [4.78, 5) is 8.94. The maximum atomic E-state index is 5.91. The Labute approximate surface area is 119 Å². The van der Waals surface area contributed by atoms with Crippen LogP contribution in [-0.4, -0.2) is 17.6 Å². The summed E-state index contributed by atoms with van der Waals surface area (Å²) >= 11 is 1.87. The molecule has 2 unspecified atom stereocenters. The van der Waals surface area contributed by atoms with Crippen molar-refractivity contribution in [2.45, 2.75) is 63.5 Å². The van der Waals surface area contributed by atoms with Crippen LogP contribution >= 0.6 is 11.3 Å². The summed E-state index contributed by atoms with van der Waals surface area (Å²) in [6, 6.07) is 0.776. The van der Waals surface area contributed by atoms with Crippen molar-refractivity contribution in [2.75, 3.05) is 11.4 Å². The number of hydrogen-bond acceptors (Lipinski definition) is 4. The van der Waals surface area contributed by atoms with Crippen LogP contribution < -0.4 is 10.6 Å². The van der Waals surface area contributed by atoms with Crippen molar-refractivity contribution in [3.63, 3.8) is 0 Å². The summed E-state index contributed by atoms with van der Waals surface area (Å²) < 4.78 is 0. The minimum Gasteiger partial charge on any atom is -0.345 e. The zero-order chi connectivity index (χ0) is 12.8. The van der Waals surface area contributed by atoms with Crippen molar-refractivity contribution in [1.29, 1.82) is 0 Å². The molecule has 2 N–H and O–H groups in total. The largest absolute Gasteiger partial charge is 0.345 e. The molecule has 0 aromatic carbocycles. The van der Waals surface area contributed by atoms with Gasteiger partial charge in [0.05, 0.1) is 5.69 Å². The normalized spacial score (nSPS) is 30.7. The Bertz CT molecular complexity index is 466. The molecule has 2 atom stereocenters. The molecule has 1 aliphatic heterocycles. The Morgan fingerprint density at radius 1 is 1.16 bits per heavy atom. The second-order valence-electron chi connectivity index (χ2n) is 6.38. The zero-order valence-electron chi connectivity index (χ0n) is 11.5. The first-order valence-electron chi connectivity index (χ1n) is 7.83. The van der Waals surface area contributed by atoms with Crippen LogP contribution in [0, 0.1) is 5.92 Å². The van der Waals surface area contributed by atoms with Crippen LogP contribution in [-0.2, 0) is 6.54 Å². The van der Waals surface area contributed by atoms with E-state index in [1.54, 1.807) is 0 Å². The van der Waals surface area contributed by atoms with Crippen molar-refractivity contribution < 1.29 is 0 Å². The number of nitrogens with zero attached hydrogens (tertiary/aromatic N) is 2. The number of nitrogens with two attached hydrogens (primary N) is 1. The molecule has 3 fully saturated rings. The summed E-state index contributed by atoms with van der Waals surface area (Å²) in [5.74, 6) is 1.66. The molecule has 2 heterocycles. The molecule has 3 aliphatic rings. The molecule has 4 heteroatoms. The lowest BCUT2D eigenvalue weighted by Crippen LogP contribution is -2.34. The highest BCUT2D eigenvalue weighted by molar-refractivity contribution is 7.15. The van der Waals surface area contributed by atoms with Crippen molar-refractivity contribution in [2.24, 2.45) is 11.7 Å². The summed E-state index contributed by atoms with van der Waals surface area (Å²) in [7, 11) is 0. The number of aromatic nitrogens is 1. The summed E-state index contributed by atoms with van der Waals surface area (Å²) in [5, 5.41) is 1.27. The smallest absolute Gasteiger partial charge is 0.186 e. The topological polar surface area (TPSA) is 42.1 Å². The lowest BCUT2D eigenvalue weighted by Gasteiger charge is -2.31. The molecule has 104 valence electrons. The highest BCUT2D eigenvalue weighted by Crippen LogP contribution is 2.46. The predicted octanol–water partition coefficient (Wildman–Crippen LogP) is 3.25. The molecule has 3 nitrogen and oxygen atoms in total. The molecule has 1 aromatic rings.